The van der Waals surface area contributed by atoms with Gasteiger partial charge in [0.1, 0.15) is 0 Å². The lowest BCUT2D eigenvalue weighted by Gasteiger charge is -2.46. The molecule has 1 aromatic rings. The zero-order chi connectivity index (χ0) is 12.7. The summed E-state index contributed by atoms with van der Waals surface area (Å²) in [4.78, 5) is 7.11. The number of rotatable bonds is 2. The number of fused-ring (bicyclic) bond motifs is 3. The molecule has 104 valence electrons. The standard InChI is InChI=1S/C15H24N4/c1-2-13(8-16-5-1)14-9-17-11-19(14)15-10-18-6-3-12(15)4-7-18/h9,11-13,15-16H,1-8,10H2. The Kier molecular flexibility index (Phi) is 3.08. The minimum absolute atomic E-state index is 0.673. The Morgan fingerprint density at radius 3 is 2.79 bits per heavy atom. The first-order valence-electron chi connectivity index (χ1n) is 7.86. The van der Waals surface area contributed by atoms with Crippen LogP contribution in [0.25, 0.3) is 0 Å². The van der Waals surface area contributed by atoms with Crippen molar-refractivity contribution in [3.63, 3.8) is 0 Å². The van der Waals surface area contributed by atoms with Crippen LogP contribution in [-0.4, -0.2) is 47.2 Å². The number of nitrogens with one attached hydrogen (secondary N) is 1. The summed E-state index contributed by atoms with van der Waals surface area (Å²) in [6.45, 7) is 6.19. The van der Waals surface area contributed by atoms with Crippen LogP contribution in [0.3, 0.4) is 0 Å². The first-order chi connectivity index (χ1) is 9.42. The van der Waals surface area contributed by atoms with E-state index in [-0.39, 0.29) is 0 Å². The molecule has 5 rings (SSSR count). The van der Waals surface area contributed by atoms with E-state index in [1.54, 1.807) is 0 Å². The first-order valence-corrected chi connectivity index (χ1v) is 7.86. The highest BCUT2D eigenvalue weighted by molar-refractivity contribution is 5.11. The molecule has 0 aliphatic carbocycles. The number of aromatic nitrogens is 2. The van der Waals surface area contributed by atoms with E-state index in [0.29, 0.717) is 12.0 Å². The maximum absolute atomic E-state index is 4.47. The van der Waals surface area contributed by atoms with Crippen molar-refractivity contribution in [1.82, 2.24) is 19.8 Å². The molecule has 4 aliphatic heterocycles. The Morgan fingerprint density at radius 2 is 2.11 bits per heavy atom. The molecule has 19 heavy (non-hydrogen) atoms. The van der Waals surface area contributed by atoms with Crippen LogP contribution in [0.5, 0.6) is 0 Å². The van der Waals surface area contributed by atoms with Crippen LogP contribution >= 0.6 is 0 Å². The fraction of sp³-hybridized carbons (Fsp3) is 0.800. The lowest BCUT2D eigenvalue weighted by Crippen LogP contribution is -2.48. The van der Waals surface area contributed by atoms with Gasteiger partial charge in [-0.25, -0.2) is 4.98 Å². The molecule has 0 aromatic carbocycles. The molecule has 1 aromatic heterocycles. The van der Waals surface area contributed by atoms with Gasteiger partial charge in [0, 0.05) is 30.9 Å². The maximum Gasteiger partial charge on any atom is 0.0951 e. The molecular weight excluding hydrogens is 236 g/mol. The van der Waals surface area contributed by atoms with Gasteiger partial charge in [0.25, 0.3) is 0 Å². The van der Waals surface area contributed by atoms with E-state index in [1.807, 2.05) is 0 Å². The van der Waals surface area contributed by atoms with Gasteiger partial charge in [0.15, 0.2) is 0 Å². The second-order valence-electron chi connectivity index (χ2n) is 6.47. The lowest BCUT2D eigenvalue weighted by atomic mass is 9.83. The second kappa shape index (κ2) is 4.91. The van der Waals surface area contributed by atoms with Crippen LogP contribution in [0.4, 0.5) is 0 Å². The Hall–Kier alpha value is -0.870. The topological polar surface area (TPSA) is 33.1 Å². The molecule has 2 bridgehead atoms. The fourth-order valence-corrected chi connectivity index (χ4v) is 4.26. The van der Waals surface area contributed by atoms with E-state index in [2.05, 4.69) is 32.3 Å². The third-order valence-electron chi connectivity index (χ3n) is 5.39. The molecule has 0 radical (unpaired) electrons. The number of piperidine rings is 4. The number of nitrogens with zero attached hydrogens (tertiary/aromatic N) is 3. The third-order valence-corrected chi connectivity index (χ3v) is 5.39. The Morgan fingerprint density at radius 1 is 1.21 bits per heavy atom. The molecule has 4 fully saturated rings. The smallest absolute Gasteiger partial charge is 0.0951 e. The molecule has 5 heterocycles. The Bertz CT molecular complexity index is 427. The normalized spacial score (nSPS) is 38.5. The minimum Gasteiger partial charge on any atom is -0.330 e. The molecule has 0 amide bonds. The van der Waals surface area contributed by atoms with Crippen molar-refractivity contribution in [3.05, 3.63) is 18.2 Å². The molecule has 1 N–H and O–H groups in total. The summed E-state index contributed by atoms with van der Waals surface area (Å²) in [7, 11) is 0. The molecule has 2 atom stereocenters. The zero-order valence-electron chi connectivity index (χ0n) is 11.6. The van der Waals surface area contributed by atoms with Gasteiger partial charge < -0.3 is 14.8 Å². The Labute approximate surface area is 115 Å². The van der Waals surface area contributed by atoms with Crippen LogP contribution in [0, 0.1) is 5.92 Å². The molecule has 4 saturated heterocycles. The first kappa shape index (κ1) is 11.9. The molecule has 4 nitrogen and oxygen atoms in total. The highest BCUT2D eigenvalue weighted by Gasteiger charge is 2.36. The quantitative estimate of drug-likeness (QED) is 0.877. The van der Waals surface area contributed by atoms with Crippen molar-refractivity contribution < 1.29 is 0 Å². The van der Waals surface area contributed by atoms with Crippen LogP contribution in [0.2, 0.25) is 0 Å². The van der Waals surface area contributed by atoms with Gasteiger partial charge in [0.2, 0.25) is 0 Å². The highest BCUT2D eigenvalue weighted by atomic mass is 15.2. The van der Waals surface area contributed by atoms with E-state index in [4.69, 9.17) is 0 Å². The SMILES string of the molecule is c1ncn(C2CN3CCC2CC3)c1C1CCCNC1. The van der Waals surface area contributed by atoms with Gasteiger partial charge in [-0.1, -0.05) is 0 Å². The van der Waals surface area contributed by atoms with E-state index in [1.165, 1.54) is 57.6 Å². The number of hydrogen-bond acceptors (Lipinski definition) is 3. The molecule has 2 unspecified atom stereocenters. The predicted octanol–water partition coefficient (Wildman–Crippen LogP) is 1.62. The van der Waals surface area contributed by atoms with E-state index in [0.717, 1.165) is 12.5 Å². The molecule has 0 spiro atoms. The summed E-state index contributed by atoms with van der Waals surface area (Å²) in [5, 5.41) is 3.54. The van der Waals surface area contributed by atoms with Crippen molar-refractivity contribution in [3.8, 4) is 0 Å². The number of imidazole rings is 1. The van der Waals surface area contributed by atoms with E-state index >= 15 is 0 Å². The second-order valence-corrected chi connectivity index (χ2v) is 6.47. The van der Waals surface area contributed by atoms with Gasteiger partial charge in [-0.05, 0) is 51.2 Å². The maximum atomic E-state index is 4.47. The highest BCUT2D eigenvalue weighted by Crippen LogP contribution is 2.37. The number of hydrogen-bond donors (Lipinski definition) is 1. The fourth-order valence-electron chi connectivity index (χ4n) is 4.26. The summed E-state index contributed by atoms with van der Waals surface area (Å²) in [6.07, 6.45) is 9.60. The summed E-state index contributed by atoms with van der Waals surface area (Å²) >= 11 is 0. The minimum atomic E-state index is 0.673. The Balaban J connectivity index is 1.59. The summed E-state index contributed by atoms with van der Waals surface area (Å²) < 4.78 is 2.52. The monoisotopic (exact) mass is 260 g/mol. The summed E-state index contributed by atoms with van der Waals surface area (Å²) in [6, 6.07) is 0.682. The molecule has 4 aliphatic rings. The lowest BCUT2D eigenvalue weighted by molar-refractivity contribution is 0.0551. The van der Waals surface area contributed by atoms with Crippen LogP contribution in [-0.2, 0) is 0 Å². The van der Waals surface area contributed by atoms with Crippen LogP contribution in [0.1, 0.15) is 43.3 Å². The van der Waals surface area contributed by atoms with Crippen LogP contribution in [0.15, 0.2) is 12.5 Å². The predicted molar refractivity (Wildman–Crippen MR) is 75.3 cm³/mol. The van der Waals surface area contributed by atoms with Gasteiger partial charge in [-0.2, -0.15) is 0 Å². The largest absolute Gasteiger partial charge is 0.330 e. The van der Waals surface area contributed by atoms with Gasteiger partial charge >= 0.3 is 0 Å². The summed E-state index contributed by atoms with van der Waals surface area (Å²) in [5.41, 5.74) is 1.48. The van der Waals surface area contributed by atoms with Gasteiger partial charge in [-0.15, -0.1) is 0 Å². The molecule has 4 heteroatoms. The van der Waals surface area contributed by atoms with E-state index in [9.17, 15) is 0 Å². The van der Waals surface area contributed by atoms with Gasteiger partial charge in [-0.3, -0.25) is 0 Å². The van der Waals surface area contributed by atoms with Crippen molar-refractivity contribution >= 4 is 0 Å². The zero-order valence-corrected chi connectivity index (χ0v) is 11.6. The average Bonchev–Trinajstić information content (AvgIpc) is 2.98. The van der Waals surface area contributed by atoms with Gasteiger partial charge in [0.05, 0.1) is 12.4 Å². The van der Waals surface area contributed by atoms with Crippen molar-refractivity contribution in [2.24, 2.45) is 5.92 Å². The van der Waals surface area contributed by atoms with Crippen molar-refractivity contribution in [2.75, 3.05) is 32.7 Å². The average molecular weight is 260 g/mol. The summed E-state index contributed by atoms with van der Waals surface area (Å²) in [5.74, 6) is 1.56. The van der Waals surface area contributed by atoms with E-state index < -0.39 is 0 Å². The third kappa shape index (κ3) is 2.11. The van der Waals surface area contributed by atoms with Crippen molar-refractivity contribution in [1.29, 1.82) is 0 Å². The molecular formula is C15H24N4. The van der Waals surface area contributed by atoms with Crippen LogP contribution < -0.4 is 5.32 Å². The molecule has 0 saturated carbocycles. The van der Waals surface area contributed by atoms with Crippen molar-refractivity contribution in [2.45, 2.75) is 37.6 Å².